The van der Waals surface area contributed by atoms with Crippen molar-refractivity contribution in [1.82, 2.24) is 9.88 Å². The van der Waals surface area contributed by atoms with Gasteiger partial charge in [-0.3, -0.25) is 14.4 Å². The molecule has 160 valence electrons. The van der Waals surface area contributed by atoms with E-state index in [2.05, 4.69) is 22.2 Å². The van der Waals surface area contributed by atoms with Gasteiger partial charge in [0, 0.05) is 36.5 Å². The molecular formula is C22H22N4O3S2. The van der Waals surface area contributed by atoms with Gasteiger partial charge in [-0.15, -0.1) is 11.3 Å². The van der Waals surface area contributed by atoms with Gasteiger partial charge in [0.15, 0.2) is 5.13 Å². The van der Waals surface area contributed by atoms with Crippen molar-refractivity contribution in [3.05, 3.63) is 70.2 Å². The Morgan fingerprint density at radius 2 is 1.94 bits per heavy atom. The van der Waals surface area contributed by atoms with Gasteiger partial charge >= 0.3 is 0 Å². The van der Waals surface area contributed by atoms with Gasteiger partial charge in [0.2, 0.25) is 0 Å². The second-order valence-electron chi connectivity index (χ2n) is 7.81. The van der Waals surface area contributed by atoms with E-state index in [1.54, 1.807) is 12.1 Å². The van der Waals surface area contributed by atoms with Crippen LogP contribution in [0.4, 0.5) is 10.8 Å². The minimum atomic E-state index is -3.75. The molecule has 3 aromatic rings. The molecule has 2 aliphatic rings. The normalized spacial score (nSPS) is 16.1. The maximum atomic E-state index is 13.3. The maximum Gasteiger partial charge on any atom is 0.264 e. The molecule has 1 amide bonds. The summed E-state index contributed by atoms with van der Waals surface area (Å²) in [4.78, 5) is 20.9. The van der Waals surface area contributed by atoms with Crippen LogP contribution in [0.2, 0.25) is 0 Å². The SMILES string of the molecule is CN1CCc2nc(NC(=O)c3cccc(S(=O)(=O)N4CCc5ccccc54)c3)sc2C1. The molecule has 0 unspecified atom stereocenters. The van der Waals surface area contributed by atoms with Crippen molar-refractivity contribution in [3.63, 3.8) is 0 Å². The molecule has 3 heterocycles. The van der Waals surface area contributed by atoms with E-state index in [1.165, 1.54) is 27.8 Å². The lowest BCUT2D eigenvalue weighted by Crippen LogP contribution is -2.29. The Bertz CT molecular complexity index is 1270. The first-order valence-corrected chi connectivity index (χ1v) is 12.4. The number of amides is 1. The van der Waals surface area contributed by atoms with E-state index < -0.39 is 10.0 Å². The minimum absolute atomic E-state index is 0.108. The van der Waals surface area contributed by atoms with Gasteiger partial charge in [-0.05, 0) is 43.3 Å². The summed E-state index contributed by atoms with van der Waals surface area (Å²) in [6.45, 7) is 2.18. The van der Waals surface area contributed by atoms with Crippen molar-refractivity contribution in [2.75, 3.05) is 29.8 Å². The third kappa shape index (κ3) is 3.73. The lowest BCUT2D eigenvalue weighted by atomic mass is 10.2. The number of para-hydroxylation sites is 1. The number of carbonyl (C=O) groups excluding carboxylic acids is 1. The second kappa shape index (κ2) is 7.74. The molecule has 5 rings (SSSR count). The van der Waals surface area contributed by atoms with E-state index >= 15 is 0 Å². The first kappa shape index (κ1) is 20.2. The standard InChI is InChI=1S/C22H22N4O3S2/c1-25-11-10-18-20(14-25)30-22(23-18)24-21(27)16-6-4-7-17(13-16)31(28,29)26-12-9-15-5-2-3-8-19(15)26/h2-8,13H,9-12,14H2,1H3,(H,23,24,27). The largest absolute Gasteiger partial charge is 0.301 e. The van der Waals surface area contributed by atoms with E-state index in [4.69, 9.17) is 0 Å². The van der Waals surface area contributed by atoms with Crippen LogP contribution in [0.15, 0.2) is 53.4 Å². The predicted molar refractivity (Wildman–Crippen MR) is 121 cm³/mol. The fourth-order valence-corrected chi connectivity index (χ4v) is 6.66. The smallest absolute Gasteiger partial charge is 0.264 e. The van der Waals surface area contributed by atoms with Crippen LogP contribution in [-0.2, 0) is 29.4 Å². The lowest BCUT2D eigenvalue weighted by Gasteiger charge is -2.20. The molecule has 2 aromatic carbocycles. The van der Waals surface area contributed by atoms with Gasteiger partial charge in [-0.2, -0.15) is 0 Å². The Morgan fingerprint density at radius 1 is 1.10 bits per heavy atom. The molecule has 0 spiro atoms. The molecule has 2 aliphatic heterocycles. The van der Waals surface area contributed by atoms with E-state index in [1.807, 2.05) is 24.3 Å². The molecular weight excluding hydrogens is 432 g/mol. The van der Waals surface area contributed by atoms with Crippen LogP contribution in [0.1, 0.15) is 26.5 Å². The highest BCUT2D eigenvalue weighted by Gasteiger charge is 2.31. The van der Waals surface area contributed by atoms with Crippen LogP contribution in [0.5, 0.6) is 0 Å². The summed E-state index contributed by atoms with van der Waals surface area (Å²) < 4.78 is 28.0. The Morgan fingerprint density at radius 3 is 2.81 bits per heavy atom. The number of fused-ring (bicyclic) bond motifs is 2. The van der Waals surface area contributed by atoms with Gasteiger partial charge in [0.25, 0.3) is 15.9 Å². The number of benzene rings is 2. The van der Waals surface area contributed by atoms with Crippen molar-refractivity contribution in [2.24, 2.45) is 0 Å². The van der Waals surface area contributed by atoms with Crippen LogP contribution in [0.3, 0.4) is 0 Å². The number of likely N-dealkylation sites (N-methyl/N-ethyl adjacent to an activating group) is 1. The Kier molecular flexibility index (Phi) is 5.04. The second-order valence-corrected chi connectivity index (χ2v) is 10.8. The Balaban J connectivity index is 1.38. The number of rotatable bonds is 4. The Labute approximate surface area is 185 Å². The van der Waals surface area contributed by atoms with Crippen molar-refractivity contribution in [1.29, 1.82) is 0 Å². The summed E-state index contributed by atoms with van der Waals surface area (Å²) >= 11 is 1.47. The zero-order valence-electron chi connectivity index (χ0n) is 17.0. The van der Waals surface area contributed by atoms with Crippen LogP contribution in [-0.4, -0.2) is 44.3 Å². The number of aromatic nitrogens is 1. The fourth-order valence-electron chi connectivity index (χ4n) is 4.03. The fraction of sp³-hybridized carbons (Fsp3) is 0.273. The summed E-state index contributed by atoms with van der Waals surface area (Å²) in [6.07, 6.45) is 1.54. The zero-order chi connectivity index (χ0) is 21.6. The summed E-state index contributed by atoms with van der Waals surface area (Å²) in [5.41, 5.74) is 3.04. The van der Waals surface area contributed by atoms with Crippen molar-refractivity contribution in [2.45, 2.75) is 24.3 Å². The number of hydrogen-bond acceptors (Lipinski definition) is 6. The molecule has 7 nitrogen and oxygen atoms in total. The number of nitrogens with one attached hydrogen (secondary N) is 1. The first-order chi connectivity index (χ1) is 14.9. The van der Waals surface area contributed by atoms with Gasteiger partial charge in [0.1, 0.15) is 0 Å². The number of thiazole rings is 1. The number of sulfonamides is 1. The van der Waals surface area contributed by atoms with Crippen LogP contribution < -0.4 is 9.62 Å². The van der Waals surface area contributed by atoms with E-state index in [-0.39, 0.29) is 10.8 Å². The molecule has 1 N–H and O–H groups in total. The van der Waals surface area contributed by atoms with Crippen molar-refractivity contribution >= 4 is 38.1 Å². The lowest BCUT2D eigenvalue weighted by molar-refractivity contribution is 0.102. The van der Waals surface area contributed by atoms with E-state index in [9.17, 15) is 13.2 Å². The van der Waals surface area contributed by atoms with Crippen molar-refractivity contribution < 1.29 is 13.2 Å². The average Bonchev–Trinajstić information content (AvgIpc) is 3.37. The molecule has 31 heavy (non-hydrogen) atoms. The molecule has 0 fully saturated rings. The Hall–Kier alpha value is -2.75. The topological polar surface area (TPSA) is 82.6 Å². The highest BCUT2D eigenvalue weighted by atomic mass is 32.2. The molecule has 0 radical (unpaired) electrons. The maximum absolute atomic E-state index is 13.3. The van der Waals surface area contributed by atoms with E-state index in [0.717, 1.165) is 35.6 Å². The number of carbonyl (C=O) groups is 1. The van der Waals surface area contributed by atoms with Crippen LogP contribution in [0.25, 0.3) is 0 Å². The quantitative estimate of drug-likeness (QED) is 0.655. The summed E-state index contributed by atoms with van der Waals surface area (Å²) in [6, 6.07) is 13.7. The van der Waals surface area contributed by atoms with Gasteiger partial charge < -0.3 is 4.90 Å². The minimum Gasteiger partial charge on any atom is -0.301 e. The van der Waals surface area contributed by atoms with Crippen LogP contribution >= 0.6 is 11.3 Å². The number of hydrogen-bond donors (Lipinski definition) is 1. The summed E-state index contributed by atoms with van der Waals surface area (Å²) in [5.74, 6) is -0.363. The van der Waals surface area contributed by atoms with Crippen LogP contribution in [0, 0.1) is 0 Å². The van der Waals surface area contributed by atoms with Gasteiger partial charge in [-0.1, -0.05) is 24.3 Å². The molecule has 0 saturated heterocycles. The molecule has 9 heteroatoms. The predicted octanol–water partition coefficient (Wildman–Crippen LogP) is 3.13. The molecule has 1 aromatic heterocycles. The van der Waals surface area contributed by atoms with Crippen molar-refractivity contribution in [3.8, 4) is 0 Å². The molecule has 0 atom stereocenters. The average molecular weight is 455 g/mol. The highest BCUT2D eigenvalue weighted by Crippen LogP contribution is 2.33. The summed E-state index contributed by atoms with van der Waals surface area (Å²) in [5, 5.41) is 3.38. The van der Waals surface area contributed by atoms with Gasteiger partial charge in [0.05, 0.1) is 16.3 Å². The number of anilines is 2. The highest BCUT2D eigenvalue weighted by molar-refractivity contribution is 7.92. The molecule has 0 aliphatic carbocycles. The van der Waals surface area contributed by atoms with Gasteiger partial charge in [-0.25, -0.2) is 13.4 Å². The monoisotopic (exact) mass is 454 g/mol. The first-order valence-electron chi connectivity index (χ1n) is 10.1. The molecule has 0 saturated carbocycles. The summed E-state index contributed by atoms with van der Waals surface area (Å²) in [7, 11) is -1.69. The number of nitrogens with zero attached hydrogens (tertiary/aromatic N) is 3. The molecule has 0 bridgehead atoms. The third-order valence-electron chi connectivity index (χ3n) is 5.67. The third-order valence-corrected chi connectivity index (χ3v) is 8.48. The zero-order valence-corrected chi connectivity index (χ0v) is 18.7. The van der Waals surface area contributed by atoms with E-state index in [0.29, 0.717) is 29.3 Å².